The highest BCUT2D eigenvalue weighted by molar-refractivity contribution is 5.44. The Morgan fingerprint density at radius 2 is 1.95 bits per heavy atom. The van der Waals surface area contributed by atoms with Crippen molar-refractivity contribution in [1.29, 1.82) is 0 Å². The Hall–Kier alpha value is -1.06. The van der Waals surface area contributed by atoms with Gasteiger partial charge in [-0.15, -0.1) is 0 Å². The van der Waals surface area contributed by atoms with Crippen molar-refractivity contribution in [2.24, 2.45) is 0 Å². The molecule has 0 unspecified atom stereocenters. The Bertz CT molecular complexity index is 500. The second-order valence-corrected chi connectivity index (χ2v) is 6.58. The number of nitrogens with zero attached hydrogens (tertiary/aromatic N) is 2. The number of fused-ring (bicyclic) bond motifs is 1. The summed E-state index contributed by atoms with van der Waals surface area (Å²) in [6.07, 6.45) is 3.77. The van der Waals surface area contributed by atoms with Gasteiger partial charge in [-0.3, -0.25) is 4.90 Å². The summed E-state index contributed by atoms with van der Waals surface area (Å²) in [5.74, 6) is 1.12. The maximum atomic E-state index is 5.91. The number of aryl methyl sites for hydroxylation is 2. The molecule has 2 aliphatic rings. The molecule has 0 aromatic heterocycles. The zero-order chi connectivity index (χ0) is 14.8. The van der Waals surface area contributed by atoms with Gasteiger partial charge in [0.2, 0.25) is 0 Å². The maximum absolute atomic E-state index is 5.91. The number of ether oxygens (including phenoxy) is 1. The molecule has 0 N–H and O–H groups in total. The molecule has 3 heteroatoms. The third-order valence-electron chi connectivity index (χ3n) is 5.01. The highest BCUT2D eigenvalue weighted by Crippen LogP contribution is 2.31. The minimum absolute atomic E-state index is 0.642. The Morgan fingerprint density at radius 3 is 2.67 bits per heavy atom. The monoisotopic (exact) mass is 288 g/mol. The van der Waals surface area contributed by atoms with Gasteiger partial charge in [0.15, 0.2) is 0 Å². The summed E-state index contributed by atoms with van der Waals surface area (Å²) >= 11 is 0. The summed E-state index contributed by atoms with van der Waals surface area (Å²) in [4.78, 5) is 5.02. The molecule has 1 fully saturated rings. The van der Waals surface area contributed by atoms with E-state index < -0.39 is 0 Å². The van der Waals surface area contributed by atoms with Crippen molar-refractivity contribution in [3.8, 4) is 5.75 Å². The van der Waals surface area contributed by atoms with Crippen LogP contribution in [0.5, 0.6) is 5.75 Å². The lowest BCUT2D eigenvalue weighted by atomic mass is 10.0. The van der Waals surface area contributed by atoms with E-state index in [0.717, 1.165) is 38.5 Å². The molecule has 116 valence electrons. The lowest BCUT2D eigenvalue weighted by Crippen LogP contribution is -2.49. The minimum atomic E-state index is 0.642. The minimum Gasteiger partial charge on any atom is -0.494 e. The topological polar surface area (TPSA) is 15.7 Å². The van der Waals surface area contributed by atoms with Gasteiger partial charge in [-0.25, -0.2) is 0 Å². The third kappa shape index (κ3) is 3.24. The van der Waals surface area contributed by atoms with Gasteiger partial charge in [-0.2, -0.15) is 0 Å². The van der Waals surface area contributed by atoms with Crippen LogP contribution in [0.15, 0.2) is 12.1 Å². The van der Waals surface area contributed by atoms with Crippen LogP contribution in [0.4, 0.5) is 0 Å². The second kappa shape index (κ2) is 6.37. The lowest BCUT2D eigenvalue weighted by Gasteiger charge is -2.38. The number of hydrogen-bond acceptors (Lipinski definition) is 3. The lowest BCUT2D eigenvalue weighted by molar-refractivity contribution is 0.0991. The smallest absolute Gasteiger partial charge is 0.124 e. The van der Waals surface area contributed by atoms with Gasteiger partial charge >= 0.3 is 0 Å². The quantitative estimate of drug-likeness (QED) is 0.847. The zero-order valence-corrected chi connectivity index (χ0v) is 13.7. The molecule has 0 radical (unpaired) electrons. The number of hydrogen-bond donors (Lipinski definition) is 0. The van der Waals surface area contributed by atoms with Crippen LogP contribution >= 0.6 is 0 Å². The van der Waals surface area contributed by atoms with Crippen LogP contribution in [0.25, 0.3) is 0 Å². The fourth-order valence-electron chi connectivity index (χ4n) is 3.57. The van der Waals surface area contributed by atoms with E-state index in [0.29, 0.717) is 6.04 Å². The summed E-state index contributed by atoms with van der Waals surface area (Å²) in [6, 6.07) is 5.36. The van der Waals surface area contributed by atoms with Crippen LogP contribution in [0.2, 0.25) is 0 Å². The molecule has 1 saturated heterocycles. The summed E-state index contributed by atoms with van der Waals surface area (Å²) in [5, 5.41) is 0. The van der Waals surface area contributed by atoms with Gasteiger partial charge in [0.1, 0.15) is 5.75 Å². The molecule has 3 rings (SSSR count). The van der Waals surface area contributed by atoms with E-state index in [1.807, 2.05) is 0 Å². The first-order chi connectivity index (χ1) is 10.2. The van der Waals surface area contributed by atoms with E-state index in [4.69, 9.17) is 4.74 Å². The first-order valence-corrected chi connectivity index (χ1v) is 8.37. The van der Waals surface area contributed by atoms with E-state index in [2.05, 4.69) is 42.8 Å². The highest BCUT2D eigenvalue weighted by atomic mass is 16.5. The molecule has 1 aliphatic heterocycles. The van der Waals surface area contributed by atoms with Crippen LogP contribution in [0, 0.1) is 0 Å². The Balaban J connectivity index is 1.77. The van der Waals surface area contributed by atoms with Gasteiger partial charge in [0, 0.05) is 37.8 Å². The van der Waals surface area contributed by atoms with Crippen LogP contribution < -0.4 is 4.74 Å². The van der Waals surface area contributed by atoms with Crippen molar-refractivity contribution < 1.29 is 4.74 Å². The van der Waals surface area contributed by atoms with E-state index in [-0.39, 0.29) is 0 Å². The molecule has 1 aromatic carbocycles. The standard InChI is InChI=1S/C18H28N2O/c1-4-21-18-11-16-7-5-6-15(16)10-17(18)13-20-9-8-19(3)14(2)12-20/h10-11,14H,4-9,12-13H2,1-3H3/t14-/m1/s1. The molecule has 1 aliphatic carbocycles. The molecule has 21 heavy (non-hydrogen) atoms. The predicted octanol–water partition coefficient (Wildman–Crippen LogP) is 2.71. The Kier molecular flexibility index (Phi) is 4.51. The van der Waals surface area contributed by atoms with Crippen LogP contribution in [0.3, 0.4) is 0 Å². The van der Waals surface area contributed by atoms with Gasteiger partial charge in [-0.1, -0.05) is 6.07 Å². The Labute approximate surface area is 128 Å². The van der Waals surface area contributed by atoms with E-state index in [9.17, 15) is 0 Å². The maximum Gasteiger partial charge on any atom is 0.124 e. The van der Waals surface area contributed by atoms with Gasteiger partial charge in [0.25, 0.3) is 0 Å². The summed E-state index contributed by atoms with van der Waals surface area (Å²) in [6.45, 7) is 9.65. The number of rotatable bonds is 4. The Morgan fingerprint density at radius 1 is 1.19 bits per heavy atom. The third-order valence-corrected chi connectivity index (χ3v) is 5.01. The fraction of sp³-hybridized carbons (Fsp3) is 0.667. The van der Waals surface area contributed by atoms with E-state index >= 15 is 0 Å². The van der Waals surface area contributed by atoms with Gasteiger partial charge in [-0.05, 0) is 57.4 Å². The van der Waals surface area contributed by atoms with Crippen molar-refractivity contribution in [2.75, 3.05) is 33.3 Å². The average molecular weight is 288 g/mol. The second-order valence-electron chi connectivity index (χ2n) is 6.58. The number of benzene rings is 1. The molecule has 0 spiro atoms. The van der Waals surface area contributed by atoms with E-state index in [1.165, 1.54) is 30.4 Å². The zero-order valence-electron chi connectivity index (χ0n) is 13.7. The SMILES string of the molecule is CCOc1cc2c(cc1CN1CCN(C)[C@H](C)C1)CCC2. The van der Waals surface area contributed by atoms with Crippen molar-refractivity contribution in [1.82, 2.24) is 9.80 Å². The summed E-state index contributed by atoms with van der Waals surface area (Å²) in [7, 11) is 2.23. The van der Waals surface area contributed by atoms with Crippen molar-refractivity contribution >= 4 is 0 Å². The fourth-order valence-corrected chi connectivity index (χ4v) is 3.57. The summed E-state index contributed by atoms with van der Waals surface area (Å²) < 4.78 is 5.91. The van der Waals surface area contributed by atoms with Gasteiger partial charge < -0.3 is 9.64 Å². The molecule has 1 atom stereocenters. The van der Waals surface area contributed by atoms with Gasteiger partial charge in [0.05, 0.1) is 6.61 Å². The largest absolute Gasteiger partial charge is 0.494 e. The van der Waals surface area contributed by atoms with Crippen LogP contribution in [-0.2, 0) is 19.4 Å². The molecular weight excluding hydrogens is 260 g/mol. The van der Waals surface area contributed by atoms with Crippen LogP contribution in [0.1, 0.15) is 37.0 Å². The molecule has 1 heterocycles. The molecule has 1 aromatic rings. The highest BCUT2D eigenvalue weighted by Gasteiger charge is 2.22. The van der Waals surface area contributed by atoms with Crippen molar-refractivity contribution in [3.63, 3.8) is 0 Å². The molecule has 0 bridgehead atoms. The van der Waals surface area contributed by atoms with Crippen molar-refractivity contribution in [2.45, 2.75) is 45.7 Å². The molecular formula is C18H28N2O. The normalized spacial score (nSPS) is 23.3. The van der Waals surface area contributed by atoms with Crippen molar-refractivity contribution in [3.05, 3.63) is 28.8 Å². The first kappa shape index (κ1) is 14.9. The predicted molar refractivity (Wildman–Crippen MR) is 87.0 cm³/mol. The van der Waals surface area contributed by atoms with E-state index in [1.54, 1.807) is 5.56 Å². The first-order valence-electron chi connectivity index (χ1n) is 8.37. The van der Waals surface area contributed by atoms with Crippen LogP contribution in [-0.4, -0.2) is 49.1 Å². The molecule has 0 amide bonds. The molecule has 0 saturated carbocycles. The number of likely N-dealkylation sites (N-methyl/N-ethyl adjacent to an activating group) is 1. The average Bonchev–Trinajstić information content (AvgIpc) is 2.90. The number of piperazine rings is 1. The molecule has 3 nitrogen and oxygen atoms in total. The summed E-state index contributed by atoms with van der Waals surface area (Å²) in [5.41, 5.74) is 4.44.